The molecule has 2 aromatic rings. The highest BCUT2D eigenvalue weighted by Crippen LogP contribution is 2.22. The summed E-state index contributed by atoms with van der Waals surface area (Å²) in [5, 5.41) is 3.47. The summed E-state index contributed by atoms with van der Waals surface area (Å²) in [6, 6.07) is 10.8. The number of nitrogens with zero attached hydrogens (tertiary/aromatic N) is 2. The van der Waals surface area contributed by atoms with Crippen LogP contribution < -0.4 is 5.32 Å². The average Bonchev–Trinajstić information content (AvgIpc) is 2.40. The van der Waals surface area contributed by atoms with E-state index in [4.69, 9.17) is 0 Å². The largest absolute Gasteiger partial charge is 0.376 e. The second-order valence-corrected chi connectivity index (χ2v) is 4.02. The molecule has 3 heteroatoms. The topological polar surface area (TPSA) is 37.8 Å². The first kappa shape index (κ1) is 11.6. The fourth-order valence-corrected chi connectivity index (χ4v) is 1.87. The van der Waals surface area contributed by atoms with Crippen molar-refractivity contribution in [1.82, 2.24) is 9.97 Å². The second-order valence-electron chi connectivity index (χ2n) is 4.02. The molecule has 0 spiro atoms. The lowest BCUT2D eigenvalue weighted by Crippen LogP contribution is -2.10. The van der Waals surface area contributed by atoms with E-state index in [2.05, 4.69) is 46.5 Å². The number of benzene rings is 1. The number of hydrogen-bond donors (Lipinski definition) is 1. The van der Waals surface area contributed by atoms with Gasteiger partial charge in [0.1, 0.15) is 6.33 Å². The quantitative estimate of drug-likeness (QED) is 0.850. The zero-order chi connectivity index (χ0) is 11.9. The Bertz CT molecular complexity index is 428. The zero-order valence-corrected chi connectivity index (χ0v) is 10.0. The molecule has 0 amide bonds. The van der Waals surface area contributed by atoms with Crippen LogP contribution >= 0.6 is 0 Å². The smallest absolute Gasteiger partial charge is 0.115 e. The maximum absolute atomic E-state index is 4.02. The Kier molecular flexibility index (Phi) is 4.08. The van der Waals surface area contributed by atoms with Gasteiger partial charge in [0.25, 0.3) is 0 Å². The van der Waals surface area contributed by atoms with Gasteiger partial charge in [-0.2, -0.15) is 0 Å². The van der Waals surface area contributed by atoms with Crippen LogP contribution in [0.2, 0.25) is 0 Å². The molecule has 1 unspecified atom stereocenters. The van der Waals surface area contributed by atoms with Gasteiger partial charge in [-0.25, -0.2) is 9.97 Å². The monoisotopic (exact) mass is 227 g/mol. The first-order valence-electron chi connectivity index (χ1n) is 5.96. The molecule has 1 aromatic heterocycles. The molecule has 0 radical (unpaired) electrons. The Hall–Kier alpha value is -1.90. The van der Waals surface area contributed by atoms with Gasteiger partial charge < -0.3 is 5.32 Å². The van der Waals surface area contributed by atoms with Crippen LogP contribution in [0.1, 0.15) is 31.4 Å². The summed E-state index contributed by atoms with van der Waals surface area (Å²) in [6.07, 6.45) is 7.39. The average molecular weight is 227 g/mol. The van der Waals surface area contributed by atoms with Crippen LogP contribution in [-0.2, 0) is 0 Å². The Morgan fingerprint density at radius 1 is 1.12 bits per heavy atom. The van der Waals surface area contributed by atoms with Crippen LogP contribution in [0.3, 0.4) is 0 Å². The minimum atomic E-state index is 0.326. The summed E-state index contributed by atoms with van der Waals surface area (Å²) in [5.74, 6) is 0. The minimum absolute atomic E-state index is 0.326. The zero-order valence-electron chi connectivity index (χ0n) is 10.0. The molecule has 0 saturated carbocycles. The number of aromatic nitrogens is 2. The molecule has 2 rings (SSSR count). The van der Waals surface area contributed by atoms with Crippen LogP contribution in [0.15, 0.2) is 49.1 Å². The Labute approximate surface area is 102 Å². The Balaban J connectivity index is 2.13. The molecule has 1 heterocycles. The molecule has 0 saturated heterocycles. The van der Waals surface area contributed by atoms with E-state index in [1.165, 1.54) is 5.56 Å². The van der Waals surface area contributed by atoms with Crippen LogP contribution in [-0.4, -0.2) is 9.97 Å². The highest BCUT2D eigenvalue weighted by molar-refractivity contribution is 5.40. The molecule has 3 nitrogen and oxygen atoms in total. The number of nitrogens with one attached hydrogen (secondary N) is 1. The number of anilines is 1. The Morgan fingerprint density at radius 2 is 1.82 bits per heavy atom. The normalized spacial score (nSPS) is 12.1. The van der Waals surface area contributed by atoms with Crippen LogP contribution in [0.5, 0.6) is 0 Å². The third-order valence-corrected chi connectivity index (χ3v) is 2.68. The van der Waals surface area contributed by atoms with E-state index in [-0.39, 0.29) is 0 Å². The fraction of sp³-hybridized carbons (Fsp3) is 0.286. The van der Waals surface area contributed by atoms with Crippen molar-refractivity contribution in [2.24, 2.45) is 0 Å². The highest BCUT2D eigenvalue weighted by Gasteiger charge is 2.09. The van der Waals surface area contributed by atoms with Crippen LogP contribution in [0.4, 0.5) is 5.69 Å². The van der Waals surface area contributed by atoms with Crippen molar-refractivity contribution >= 4 is 5.69 Å². The number of rotatable bonds is 5. The number of hydrogen-bond acceptors (Lipinski definition) is 3. The Morgan fingerprint density at radius 3 is 2.47 bits per heavy atom. The molecule has 0 aliphatic rings. The van der Waals surface area contributed by atoms with Crippen LogP contribution in [0, 0.1) is 0 Å². The molecule has 0 bridgehead atoms. The van der Waals surface area contributed by atoms with Gasteiger partial charge in [0.05, 0.1) is 24.1 Å². The van der Waals surface area contributed by atoms with Gasteiger partial charge in [-0.05, 0) is 12.0 Å². The molecular formula is C14H17N3. The van der Waals surface area contributed by atoms with Gasteiger partial charge in [0.2, 0.25) is 0 Å². The molecule has 0 aliphatic carbocycles. The lowest BCUT2D eigenvalue weighted by atomic mass is 10.0. The summed E-state index contributed by atoms with van der Waals surface area (Å²) >= 11 is 0. The summed E-state index contributed by atoms with van der Waals surface area (Å²) in [4.78, 5) is 8.04. The van der Waals surface area contributed by atoms with Crippen molar-refractivity contribution in [1.29, 1.82) is 0 Å². The first-order chi connectivity index (χ1) is 8.40. The lowest BCUT2D eigenvalue weighted by molar-refractivity contribution is 0.676. The summed E-state index contributed by atoms with van der Waals surface area (Å²) in [5.41, 5.74) is 2.27. The van der Waals surface area contributed by atoms with E-state index >= 15 is 0 Å². The predicted octanol–water partition coefficient (Wildman–Crippen LogP) is 3.43. The standard InChI is InChI=1S/C14H17N3/c1-2-6-14(12-7-4-3-5-8-12)17-13-9-15-11-16-10-13/h3-5,7-11,14,17H,2,6H2,1H3. The van der Waals surface area contributed by atoms with E-state index in [0.29, 0.717) is 6.04 Å². The van der Waals surface area contributed by atoms with E-state index < -0.39 is 0 Å². The van der Waals surface area contributed by atoms with Crippen molar-refractivity contribution in [3.05, 3.63) is 54.6 Å². The lowest BCUT2D eigenvalue weighted by Gasteiger charge is -2.19. The molecule has 17 heavy (non-hydrogen) atoms. The van der Waals surface area contributed by atoms with Crippen molar-refractivity contribution in [3.8, 4) is 0 Å². The van der Waals surface area contributed by atoms with Gasteiger partial charge in [0.15, 0.2) is 0 Å². The van der Waals surface area contributed by atoms with Gasteiger partial charge in [-0.15, -0.1) is 0 Å². The fourth-order valence-electron chi connectivity index (χ4n) is 1.87. The van der Waals surface area contributed by atoms with E-state index in [9.17, 15) is 0 Å². The third-order valence-electron chi connectivity index (χ3n) is 2.68. The molecule has 0 fully saturated rings. The van der Waals surface area contributed by atoms with E-state index in [0.717, 1.165) is 18.5 Å². The van der Waals surface area contributed by atoms with Crippen molar-refractivity contribution in [3.63, 3.8) is 0 Å². The molecule has 88 valence electrons. The summed E-state index contributed by atoms with van der Waals surface area (Å²) < 4.78 is 0. The van der Waals surface area contributed by atoms with E-state index in [1.807, 2.05) is 6.07 Å². The van der Waals surface area contributed by atoms with Gasteiger partial charge >= 0.3 is 0 Å². The molecule has 0 aliphatic heterocycles. The summed E-state index contributed by atoms with van der Waals surface area (Å²) in [7, 11) is 0. The van der Waals surface area contributed by atoms with Gasteiger partial charge in [-0.1, -0.05) is 43.7 Å². The molecule has 1 atom stereocenters. The van der Waals surface area contributed by atoms with E-state index in [1.54, 1.807) is 18.7 Å². The first-order valence-corrected chi connectivity index (χ1v) is 5.96. The molecular weight excluding hydrogens is 210 g/mol. The maximum Gasteiger partial charge on any atom is 0.115 e. The molecule has 1 aromatic carbocycles. The van der Waals surface area contributed by atoms with Crippen molar-refractivity contribution < 1.29 is 0 Å². The second kappa shape index (κ2) is 5.99. The van der Waals surface area contributed by atoms with Gasteiger partial charge in [0, 0.05) is 0 Å². The predicted molar refractivity (Wildman–Crippen MR) is 69.7 cm³/mol. The minimum Gasteiger partial charge on any atom is -0.376 e. The third kappa shape index (κ3) is 3.28. The van der Waals surface area contributed by atoms with Crippen molar-refractivity contribution in [2.45, 2.75) is 25.8 Å². The SMILES string of the molecule is CCCC(Nc1cncnc1)c1ccccc1. The highest BCUT2D eigenvalue weighted by atomic mass is 15.0. The van der Waals surface area contributed by atoms with Gasteiger partial charge in [-0.3, -0.25) is 0 Å². The maximum atomic E-state index is 4.02. The van der Waals surface area contributed by atoms with Crippen molar-refractivity contribution in [2.75, 3.05) is 5.32 Å². The summed E-state index contributed by atoms with van der Waals surface area (Å²) in [6.45, 7) is 2.19. The molecule has 1 N–H and O–H groups in total. The van der Waals surface area contributed by atoms with Crippen LogP contribution in [0.25, 0.3) is 0 Å².